The predicted octanol–water partition coefficient (Wildman–Crippen LogP) is 4.78. The number of fused-ring (bicyclic) bond motifs is 20. The standard InChI is InChI=1S/C32H46Cl10N8/c33-10-6-5-9-11(16(10)34)28-46-27(9)44-25-7-3-1-2-4-8(7)26(43-25)45-29-12-13(18(36)22(40)21(39)17(12)35)31(48-29)50-32-15-14(30(47-28)49-32)19(37)23(41)24(42)20(15)38/h7-32,43-50H,1-6H2. The van der Waals surface area contributed by atoms with Gasteiger partial charge in [-0.1, -0.05) is 12.8 Å². The summed E-state index contributed by atoms with van der Waals surface area (Å²) in [5.74, 6) is 0.754. The molecule has 26 atom stereocenters. The van der Waals surface area contributed by atoms with Crippen LogP contribution in [0.2, 0.25) is 0 Å². The summed E-state index contributed by atoms with van der Waals surface area (Å²) in [6.45, 7) is 0. The predicted molar refractivity (Wildman–Crippen MR) is 207 cm³/mol. The number of alkyl halides is 10. The monoisotopic (exact) mass is 892 g/mol. The molecule has 0 aromatic carbocycles. The lowest BCUT2D eigenvalue weighted by Crippen LogP contribution is -2.62. The highest BCUT2D eigenvalue weighted by molar-refractivity contribution is 6.39. The van der Waals surface area contributed by atoms with E-state index in [-0.39, 0.29) is 95.6 Å². The maximum atomic E-state index is 7.24. The van der Waals surface area contributed by atoms with Crippen LogP contribution in [0.4, 0.5) is 0 Å². The smallest absolute Gasteiger partial charge is 0.0681 e. The van der Waals surface area contributed by atoms with E-state index in [2.05, 4.69) is 42.5 Å². The van der Waals surface area contributed by atoms with Crippen molar-refractivity contribution >= 4 is 116 Å². The Kier molecular flexibility index (Phi) is 11.2. The van der Waals surface area contributed by atoms with Crippen molar-refractivity contribution in [2.45, 2.75) is 142 Å². The molecule has 26 unspecified atom stereocenters. The molecule has 4 aliphatic carbocycles. The third-order valence-corrected chi connectivity index (χ3v) is 20.5. The SMILES string of the molecule is ClC1CCC2C3NC4NC(NC5NC(NC6NC(NC(N3)C2C1Cl)C1C(Cl)C(Cl)C(Cl)C(Cl)C61)C1C(Cl)C(Cl)C(Cl)C(Cl)C51)C1CCCCC41. The highest BCUT2D eigenvalue weighted by Crippen LogP contribution is 2.51. The van der Waals surface area contributed by atoms with Crippen LogP contribution in [0, 0.1) is 47.3 Å². The van der Waals surface area contributed by atoms with Crippen LogP contribution in [-0.4, -0.2) is 103 Å². The average Bonchev–Trinajstić information content (AvgIpc) is 3.84. The van der Waals surface area contributed by atoms with Crippen LogP contribution >= 0.6 is 116 Å². The molecule has 18 heteroatoms. The van der Waals surface area contributed by atoms with Crippen LogP contribution in [0.15, 0.2) is 0 Å². The number of rotatable bonds is 0. The first-order valence-electron chi connectivity index (χ1n) is 18.4. The van der Waals surface area contributed by atoms with Crippen molar-refractivity contribution in [3.63, 3.8) is 0 Å². The molecule has 5 saturated heterocycles. The summed E-state index contributed by atoms with van der Waals surface area (Å²) in [7, 11) is 0. The minimum atomic E-state index is -0.526. The summed E-state index contributed by atoms with van der Waals surface area (Å²) in [6, 6.07) is 0. The molecule has 50 heavy (non-hydrogen) atoms. The Morgan fingerprint density at radius 3 is 0.940 bits per heavy atom. The fraction of sp³-hybridized carbons (Fsp3) is 1.00. The lowest BCUT2D eigenvalue weighted by Gasteiger charge is -2.45. The van der Waals surface area contributed by atoms with E-state index in [0.29, 0.717) is 11.8 Å². The summed E-state index contributed by atoms with van der Waals surface area (Å²) in [5.41, 5.74) is 0. The summed E-state index contributed by atoms with van der Waals surface area (Å²) < 4.78 is 0. The Hall–Kier alpha value is 2.58. The van der Waals surface area contributed by atoms with Gasteiger partial charge in [0.2, 0.25) is 0 Å². The first-order valence-corrected chi connectivity index (χ1v) is 22.8. The normalized spacial score (nSPS) is 63.5. The second-order valence-electron chi connectivity index (χ2n) is 16.4. The van der Waals surface area contributed by atoms with Crippen molar-refractivity contribution in [2.75, 3.05) is 0 Å². The third-order valence-electron chi connectivity index (χ3n) is 14.1. The Morgan fingerprint density at radius 1 is 0.260 bits per heavy atom. The van der Waals surface area contributed by atoms with E-state index >= 15 is 0 Å². The van der Waals surface area contributed by atoms with E-state index in [9.17, 15) is 0 Å². The quantitative estimate of drug-likeness (QED) is 0.165. The van der Waals surface area contributed by atoms with Gasteiger partial charge in [0, 0.05) is 29.6 Å². The van der Waals surface area contributed by atoms with Crippen molar-refractivity contribution in [1.82, 2.24) is 42.5 Å². The molecule has 0 aromatic rings. The van der Waals surface area contributed by atoms with Crippen LogP contribution in [0.3, 0.4) is 0 Å². The second kappa shape index (κ2) is 14.8. The van der Waals surface area contributed by atoms with Crippen LogP contribution in [-0.2, 0) is 0 Å². The average molecular weight is 897 g/mol. The van der Waals surface area contributed by atoms with E-state index < -0.39 is 43.0 Å². The molecule has 8 nitrogen and oxygen atoms in total. The van der Waals surface area contributed by atoms with E-state index in [1.54, 1.807) is 0 Å². The third kappa shape index (κ3) is 6.12. The highest BCUT2D eigenvalue weighted by Gasteiger charge is 2.63. The van der Waals surface area contributed by atoms with Crippen LogP contribution < -0.4 is 42.5 Å². The molecule has 8 N–H and O–H groups in total. The van der Waals surface area contributed by atoms with Gasteiger partial charge in [0.25, 0.3) is 0 Å². The number of halogens is 10. The highest BCUT2D eigenvalue weighted by atomic mass is 35.5. The lowest BCUT2D eigenvalue weighted by atomic mass is 9.75. The van der Waals surface area contributed by atoms with Gasteiger partial charge in [-0.05, 0) is 43.4 Å². The van der Waals surface area contributed by atoms with E-state index in [1.807, 2.05) is 0 Å². The molecule has 0 amide bonds. The molecule has 9 fully saturated rings. The Bertz CT molecular complexity index is 1270. The molecule has 0 spiro atoms. The van der Waals surface area contributed by atoms with E-state index in [0.717, 1.165) is 19.3 Å². The van der Waals surface area contributed by atoms with Gasteiger partial charge in [-0.25, -0.2) is 0 Å². The van der Waals surface area contributed by atoms with E-state index in [4.69, 9.17) is 116 Å². The first-order chi connectivity index (χ1) is 23.9. The molecular formula is C32H46Cl10N8. The maximum absolute atomic E-state index is 7.24. The number of hydrogen-bond acceptors (Lipinski definition) is 8. The van der Waals surface area contributed by atoms with Gasteiger partial charge < -0.3 is 0 Å². The zero-order chi connectivity index (χ0) is 34.9. The van der Waals surface area contributed by atoms with E-state index in [1.165, 1.54) is 19.3 Å². The zero-order valence-corrected chi connectivity index (χ0v) is 34.6. The van der Waals surface area contributed by atoms with Crippen molar-refractivity contribution in [1.29, 1.82) is 0 Å². The van der Waals surface area contributed by atoms with Gasteiger partial charge in [0.1, 0.15) is 0 Å². The van der Waals surface area contributed by atoms with Gasteiger partial charge in [-0.2, -0.15) is 0 Å². The maximum Gasteiger partial charge on any atom is 0.0681 e. The van der Waals surface area contributed by atoms with Gasteiger partial charge in [-0.3, -0.25) is 42.5 Å². The molecule has 0 aromatic heterocycles. The molecule has 0 radical (unpaired) electrons. The molecule has 5 aliphatic heterocycles. The lowest BCUT2D eigenvalue weighted by molar-refractivity contribution is 0.175. The summed E-state index contributed by atoms with van der Waals surface area (Å²) in [4.78, 5) is 0. The Morgan fingerprint density at radius 2 is 0.560 bits per heavy atom. The van der Waals surface area contributed by atoms with Gasteiger partial charge >= 0.3 is 0 Å². The molecule has 284 valence electrons. The van der Waals surface area contributed by atoms with Crippen LogP contribution in [0.25, 0.3) is 0 Å². The van der Waals surface area contributed by atoms with Crippen molar-refractivity contribution < 1.29 is 0 Å². The summed E-state index contributed by atoms with van der Waals surface area (Å²) in [6.07, 6.45) is 5.70. The first kappa shape index (κ1) is 38.1. The Labute approximate surface area is 344 Å². The fourth-order valence-corrected chi connectivity index (χ4v) is 16.1. The molecule has 5 heterocycles. The molecule has 9 aliphatic rings. The van der Waals surface area contributed by atoms with Gasteiger partial charge in [-0.15, -0.1) is 116 Å². The number of nitrogens with one attached hydrogen (secondary N) is 8. The van der Waals surface area contributed by atoms with Crippen LogP contribution in [0.5, 0.6) is 0 Å². The summed E-state index contributed by atoms with van der Waals surface area (Å²) >= 11 is 70.7. The molecule has 8 bridgehead atoms. The van der Waals surface area contributed by atoms with Crippen molar-refractivity contribution in [3.8, 4) is 0 Å². The topological polar surface area (TPSA) is 96.2 Å². The number of hydrogen-bond donors (Lipinski definition) is 8. The summed E-state index contributed by atoms with van der Waals surface area (Å²) in [5, 5.41) is 27.6. The molecular weight excluding hydrogens is 851 g/mol. The van der Waals surface area contributed by atoms with Crippen molar-refractivity contribution in [3.05, 3.63) is 0 Å². The zero-order valence-electron chi connectivity index (χ0n) is 27.0. The minimum absolute atomic E-state index is 0.0336. The molecule has 4 saturated carbocycles. The molecule has 9 rings (SSSR count). The minimum Gasteiger partial charge on any atom is -0.286 e. The fourth-order valence-electron chi connectivity index (χ4n) is 11.8. The Balaban J connectivity index is 1.11. The van der Waals surface area contributed by atoms with Gasteiger partial charge in [0.05, 0.1) is 103 Å². The van der Waals surface area contributed by atoms with Gasteiger partial charge in [0.15, 0.2) is 0 Å². The van der Waals surface area contributed by atoms with Crippen molar-refractivity contribution in [2.24, 2.45) is 47.3 Å². The van der Waals surface area contributed by atoms with Crippen LogP contribution in [0.1, 0.15) is 38.5 Å². The second-order valence-corrected chi connectivity index (χ2v) is 21.5. The largest absolute Gasteiger partial charge is 0.286 e.